The van der Waals surface area contributed by atoms with Gasteiger partial charge >= 0.3 is 0 Å². The summed E-state index contributed by atoms with van der Waals surface area (Å²) in [6, 6.07) is 6.42. The van der Waals surface area contributed by atoms with Crippen molar-refractivity contribution >= 4 is 17.7 Å². The molecule has 22 heavy (non-hydrogen) atoms. The van der Waals surface area contributed by atoms with Crippen LogP contribution < -0.4 is 10.6 Å². The number of hydrogen-bond donors (Lipinski definition) is 2. The fourth-order valence-corrected chi connectivity index (χ4v) is 5.37. The van der Waals surface area contributed by atoms with Crippen molar-refractivity contribution in [3.8, 4) is 0 Å². The Labute approximate surface area is 133 Å². The average Bonchev–Trinajstić information content (AvgIpc) is 2.84. The predicted molar refractivity (Wildman–Crippen MR) is 85.3 cm³/mol. The average molecular weight is 318 g/mol. The van der Waals surface area contributed by atoms with E-state index in [0.29, 0.717) is 5.92 Å². The van der Waals surface area contributed by atoms with E-state index in [0.717, 1.165) is 18.4 Å². The van der Waals surface area contributed by atoms with Gasteiger partial charge in [-0.05, 0) is 53.4 Å². The monoisotopic (exact) mass is 318 g/mol. The smallest absolute Gasteiger partial charge is 0.231 e. The van der Waals surface area contributed by atoms with Crippen molar-refractivity contribution in [1.82, 2.24) is 10.6 Å². The van der Waals surface area contributed by atoms with Gasteiger partial charge < -0.3 is 5.32 Å². The Bertz CT molecular complexity index is 660. The summed E-state index contributed by atoms with van der Waals surface area (Å²) in [6.07, 6.45) is 2.98. The molecule has 0 saturated carbocycles. The number of halogens is 1. The first-order valence-electron chi connectivity index (χ1n) is 7.82. The van der Waals surface area contributed by atoms with E-state index in [-0.39, 0.29) is 29.2 Å². The number of allylic oxidation sites excluding steroid dienone is 1. The van der Waals surface area contributed by atoms with Gasteiger partial charge in [-0.2, -0.15) is 0 Å². The normalized spacial score (nSPS) is 34.2. The van der Waals surface area contributed by atoms with Gasteiger partial charge in [0, 0.05) is 0 Å². The van der Waals surface area contributed by atoms with Crippen LogP contribution in [-0.4, -0.2) is 11.3 Å². The van der Waals surface area contributed by atoms with Crippen molar-refractivity contribution in [2.75, 3.05) is 0 Å². The molecule has 1 amide bonds. The van der Waals surface area contributed by atoms with Crippen LogP contribution in [-0.2, 0) is 4.79 Å². The molecule has 3 aliphatic rings. The van der Waals surface area contributed by atoms with Gasteiger partial charge in [-0.1, -0.05) is 19.1 Å². The van der Waals surface area contributed by atoms with Crippen LogP contribution >= 0.6 is 11.8 Å². The van der Waals surface area contributed by atoms with Crippen molar-refractivity contribution in [3.63, 3.8) is 0 Å². The van der Waals surface area contributed by atoms with Crippen LogP contribution in [0.3, 0.4) is 0 Å². The molecule has 0 bridgehead atoms. The second-order valence-corrected chi connectivity index (χ2v) is 7.71. The Morgan fingerprint density at radius 1 is 1.36 bits per heavy atom. The summed E-state index contributed by atoms with van der Waals surface area (Å²) in [6.45, 7) is 2.27. The lowest BCUT2D eigenvalue weighted by molar-refractivity contribution is -0.127. The van der Waals surface area contributed by atoms with E-state index >= 15 is 0 Å². The molecule has 116 valence electrons. The van der Waals surface area contributed by atoms with Crippen molar-refractivity contribution < 1.29 is 9.18 Å². The van der Waals surface area contributed by atoms with Crippen molar-refractivity contribution in [3.05, 3.63) is 46.1 Å². The lowest BCUT2D eigenvalue weighted by Gasteiger charge is -2.34. The Hall–Kier alpha value is -1.33. The summed E-state index contributed by atoms with van der Waals surface area (Å²) in [7, 11) is 0. The number of nitrogens with one attached hydrogen (secondary N) is 2. The Balaban J connectivity index is 1.58. The number of benzene rings is 1. The molecule has 4 atom stereocenters. The highest BCUT2D eigenvalue weighted by Gasteiger charge is 2.45. The summed E-state index contributed by atoms with van der Waals surface area (Å²) in [5.74, 6) is 0.442. The van der Waals surface area contributed by atoms with Gasteiger partial charge in [-0.3, -0.25) is 10.1 Å². The van der Waals surface area contributed by atoms with Crippen LogP contribution in [0.2, 0.25) is 0 Å². The zero-order valence-electron chi connectivity index (χ0n) is 12.4. The van der Waals surface area contributed by atoms with E-state index in [9.17, 15) is 9.18 Å². The molecule has 4 rings (SSSR count). The molecular formula is C17H19FN2OS. The topological polar surface area (TPSA) is 41.1 Å². The number of carbonyl (C=O) groups excluding carboxylic acids is 1. The highest BCUT2D eigenvalue weighted by molar-refractivity contribution is 8.04. The number of amides is 1. The van der Waals surface area contributed by atoms with Crippen molar-refractivity contribution in [1.29, 1.82) is 0 Å². The standard InChI is InChI=1S/C17H19FN2OS/c1-9-5-6-12-13(7-9)22-17-14(12)16(21)19-15(20-17)10-3-2-4-11(18)8-10/h2-4,8-9,14-15,17,20H,5-7H2,1H3,(H,19,21). The van der Waals surface area contributed by atoms with Gasteiger partial charge in [-0.15, -0.1) is 11.8 Å². The van der Waals surface area contributed by atoms with Gasteiger partial charge in [0.2, 0.25) is 5.91 Å². The van der Waals surface area contributed by atoms with E-state index in [1.54, 1.807) is 17.8 Å². The van der Waals surface area contributed by atoms with Crippen LogP contribution in [0.15, 0.2) is 34.7 Å². The van der Waals surface area contributed by atoms with Crippen molar-refractivity contribution in [2.24, 2.45) is 11.8 Å². The molecule has 2 heterocycles. The zero-order valence-corrected chi connectivity index (χ0v) is 13.3. The highest BCUT2D eigenvalue weighted by Crippen LogP contribution is 2.50. The van der Waals surface area contributed by atoms with E-state index in [4.69, 9.17) is 0 Å². The first-order valence-corrected chi connectivity index (χ1v) is 8.70. The lowest BCUT2D eigenvalue weighted by atomic mass is 9.83. The van der Waals surface area contributed by atoms with Gasteiger partial charge in [0.15, 0.2) is 0 Å². The summed E-state index contributed by atoms with van der Waals surface area (Å²) >= 11 is 1.80. The second kappa shape index (κ2) is 5.39. The molecule has 3 nitrogen and oxygen atoms in total. The summed E-state index contributed by atoms with van der Waals surface area (Å²) < 4.78 is 13.4. The lowest BCUT2D eigenvalue weighted by Crippen LogP contribution is -2.54. The third kappa shape index (κ3) is 2.36. The van der Waals surface area contributed by atoms with Crippen molar-refractivity contribution in [2.45, 2.75) is 37.7 Å². The van der Waals surface area contributed by atoms with Gasteiger partial charge in [0.05, 0.1) is 11.3 Å². The number of thioether (sulfide) groups is 1. The van der Waals surface area contributed by atoms with E-state index in [2.05, 4.69) is 17.6 Å². The fourth-order valence-electron chi connectivity index (χ4n) is 3.68. The van der Waals surface area contributed by atoms with Crippen LogP contribution in [0.1, 0.15) is 37.9 Å². The summed E-state index contributed by atoms with van der Waals surface area (Å²) in [4.78, 5) is 14.0. The van der Waals surface area contributed by atoms with Gasteiger partial charge in [-0.25, -0.2) is 4.39 Å². The van der Waals surface area contributed by atoms with Crippen LogP contribution in [0.5, 0.6) is 0 Å². The Morgan fingerprint density at radius 2 is 2.23 bits per heavy atom. The van der Waals surface area contributed by atoms with E-state index in [1.807, 2.05) is 6.07 Å². The van der Waals surface area contributed by atoms with Gasteiger partial charge in [0.1, 0.15) is 12.0 Å². The third-order valence-electron chi connectivity index (χ3n) is 4.83. The molecule has 2 aliphatic heterocycles. The largest absolute Gasteiger partial charge is 0.336 e. The molecule has 4 unspecified atom stereocenters. The maximum absolute atomic E-state index is 13.4. The summed E-state index contributed by atoms with van der Waals surface area (Å²) in [5.41, 5.74) is 2.10. The molecule has 1 aromatic rings. The fraction of sp³-hybridized carbons (Fsp3) is 0.471. The van der Waals surface area contributed by atoms with E-state index < -0.39 is 0 Å². The predicted octanol–water partition coefficient (Wildman–Crippen LogP) is 3.31. The molecule has 1 saturated heterocycles. The Kier molecular flexibility index (Phi) is 3.50. The Morgan fingerprint density at radius 3 is 3.05 bits per heavy atom. The summed E-state index contributed by atoms with van der Waals surface area (Å²) in [5, 5.41) is 6.58. The molecule has 1 aromatic carbocycles. The maximum Gasteiger partial charge on any atom is 0.231 e. The molecular weight excluding hydrogens is 299 g/mol. The van der Waals surface area contributed by atoms with Gasteiger partial charge in [0.25, 0.3) is 0 Å². The molecule has 0 spiro atoms. The van der Waals surface area contributed by atoms with Crippen LogP contribution in [0, 0.1) is 17.7 Å². The second-order valence-electron chi connectivity index (χ2n) is 6.48. The number of carbonyl (C=O) groups is 1. The molecule has 1 aliphatic carbocycles. The quantitative estimate of drug-likeness (QED) is 0.835. The number of hydrogen-bond acceptors (Lipinski definition) is 3. The minimum atomic E-state index is -0.310. The molecule has 5 heteroatoms. The van der Waals surface area contributed by atoms with Crippen LogP contribution in [0.25, 0.3) is 0 Å². The maximum atomic E-state index is 13.4. The SMILES string of the molecule is CC1CCC2=C(C1)SC1NC(c3cccc(F)c3)NC(=O)C21. The molecule has 0 aromatic heterocycles. The molecule has 0 radical (unpaired) electrons. The highest BCUT2D eigenvalue weighted by atomic mass is 32.2. The molecule has 1 fully saturated rings. The number of rotatable bonds is 1. The molecule has 2 N–H and O–H groups in total. The zero-order chi connectivity index (χ0) is 15.3. The minimum absolute atomic E-state index is 0.0580. The first kappa shape index (κ1) is 14.3. The van der Waals surface area contributed by atoms with E-state index in [1.165, 1.54) is 29.0 Å². The third-order valence-corrected chi connectivity index (χ3v) is 6.20. The van der Waals surface area contributed by atoms with Crippen LogP contribution in [0.4, 0.5) is 4.39 Å². The minimum Gasteiger partial charge on any atom is -0.336 e. The first-order chi connectivity index (χ1) is 10.6. The number of fused-ring (bicyclic) bond motifs is 2.